The van der Waals surface area contributed by atoms with Gasteiger partial charge in [-0.1, -0.05) is 37.3 Å². The zero-order valence-electron chi connectivity index (χ0n) is 16.5. The van der Waals surface area contributed by atoms with Gasteiger partial charge in [0.1, 0.15) is 0 Å². The molecule has 0 spiro atoms. The number of tetrazole rings is 2. The highest BCUT2D eigenvalue weighted by atomic mass is 16.6. The fourth-order valence-electron chi connectivity index (χ4n) is 3.07. The van der Waals surface area contributed by atoms with Gasteiger partial charge in [0.15, 0.2) is 0 Å². The van der Waals surface area contributed by atoms with Crippen LogP contribution >= 0.6 is 0 Å². The van der Waals surface area contributed by atoms with E-state index in [1.165, 1.54) is 9.36 Å². The highest BCUT2D eigenvalue weighted by molar-refractivity contribution is 5.30. The summed E-state index contributed by atoms with van der Waals surface area (Å²) >= 11 is 0. The Kier molecular flexibility index (Phi) is 5.55. The minimum absolute atomic E-state index is 0.0302. The van der Waals surface area contributed by atoms with E-state index < -0.39 is 5.79 Å². The van der Waals surface area contributed by atoms with Crippen LogP contribution in [0.3, 0.4) is 0 Å². The van der Waals surface area contributed by atoms with Gasteiger partial charge in [0.25, 0.3) is 0 Å². The monoisotopic (exact) mass is 406 g/mol. The molecule has 0 saturated carbocycles. The maximum atomic E-state index is 14.2. The molecule has 0 aliphatic rings. The quantitative estimate of drug-likeness (QED) is 0.404. The maximum Gasteiger partial charge on any atom is 0.326 e. The van der Waals surface area contributed by atoms with Crippen LogP contribution in [0.25, 0.3) is 5.69 Å². The summed E-state index contributed by atoms with van der Waals surface area (Å²) in [5.41, 5.74) is 1.51. The zero-order valence-corrected chi connectivity index (χ0v) is 16.5. The van der Waals surface area contributed by atoms with Crippen molar-refractivity contribution in [1.29, 1.82) is 0 Å². The lowest BCUT2D eigenvalue weighted by Crippen LogP contribution is -2.37. The number of ether oxygens (including phenoxy) is 1. The molecule has 11 nitrogen and oxygen atoms in total. The average molecular weight is 406 g/mol. The van der Waals surface area contributed by atoms with Gasteiger partial charge in [0.2, 0.25) is 11.6 Å². The predicted octanol–water partition coefficient (Wildman–Crippen LogP) is 1.71. The third kappa shape index (κ3) is 3.55. The Morgan fingerprint density at radius 3 is 2.43 bits per heavy atom. The molecule has 4 rings (SSSR count). The molecule has 153 valence electrons. The van der Waals surface area contributed by atoms with Crippen molar-refractivity contribution in [1.82, 2.24) is 45.4 Å². The van der Waals surface area contributed by atoms with Gasteiger partial charge in [-0.2, -0.15) is 9.79 Å². The number of nitrogens with zero attached hydrogens (tertiary/aromatic N) is 9. The largest absolute Gasteiger partial charge is 0.335 e. The fourth-order valence-corrected chi connectivity index (χ4v) is 3.07. The highest BCUT2D eigenvalue weighted by Crippen LogP contribution is 2.32. The molecule has 0 N–H and O–H groups in total. The molecule has 0 amide bonds. The molecule has 0 fully saturated rings. The van der Waals surface area contributed by atoms with Crippen LogP contribution in [0.1, 0.15) is 43.5 Å². The number of aromatic nitrogens is 9. The van der Waals surface area contributed by atoms with E-state index in [1.54, 1.807) is 24.5 Å². The van der Waals surface area contributed by atoms with E-state index in [-0.39, 0.29) is 24.3 Å². The SMILES string of the molecule is CCCOC([O])(c1nnnn1-c1ccncc1)c1nnnn1C(C)c1ccccc1. The average Bonchev–Trinajstić information content (AvgIpc) is 3.49. The van der Waals surface area contributed by atoms with Crippen LogP contribution in [0.5, 0.6) is 0 Å². The normalized spacial score (nSPS) is 14.4. The molecule has 0 aliphatic heterocycles. The molecule has 2 unspecified atom stereocenters. The Bertz CT molecular complexity index is 1080. The molecular formula is C19H20N9O2. The van der Waals surface area contributed by atoms with Gasteiger partial charge in [-0.05, 0) is 51.9 Å². The van der Waals surface area contributed by atoms with Crippen molar-refractivity contribution in [3.63, 3.8) is 0 Å². The number of rotatable bonds is 8. The van der Waals surface area contributed by atoms with Crippen LogP contribution in [0.2, 0.25) is 0 Å². The topological polar surface area (TPSA) is 129 Å². The summed E-state index contributed by atoms with van der Waals surface area (Å²) in [7, 11) is 0. The predicted molar refractivity (Wildman–Crippen MR) is 103 cm³/mol. The first kappa shape index (κ1) is 19.7. The van der Waals surface area contributed by atoms with Crippen LogP contribution in [-0.4, -0.2) is 52.0 Å². The molecule has 4 aromatic rings. The molecule has 11 heteroatoms. The molecule has 1 aromatic carbocycles. The Morgan fingerprint density at radius 1 is 1.00 bits per heavy atom. The van der Waals surface area contributed by atoms with E-state index in [0.717, 1.165) is 5.56 Å². The van der Waals surface area contributed by atoms with Gasteiger partial charge in [0.05, 0.1) is 18.3 Å². The van der Waals surface area contributed by atoms with Crippen molar-refractivity contribution >= 4 is 0 Å². The first-order valence-corrected chi connectivity index (χ1v) is 9.52. The number of hydrogen-bond acceptors (Lipinski definition) is 8. The van der Waals surface area contributed by atoms with E-state index in [4.69, 9.17) is 4.74 Å². The highest BCUT2D eigenvalue weighted by Gasteiger charge is 2.47. The van der Waals surface area contributed by atoms with Gasteiger partial charge in [-0.3, -0.25) is 4.98 Å². The molecular weight excluding hydrogens is 386 g/mol. The van der Waals surface area contributed by atoms with Gasteiger partial charge in [-0.25, -0.2) is 4.68 Å². The minimum atomic E-state index is -2.32. The summed E-state index contributed by atoms with van der Waals surface area (Å²) in [4.78, 5) is 3.99. The van der Waals surface area contributed by atoms with Crippen LogP contribution in [0, 0.1) is 0 Å². The van der Waals surface area contributed by atoms with E-state index >= 15 is 0 Å². The summed E-state index contributed by atoms with van der Waals surface area (Å²) in [6.45, 7) is 3.99. The second-order valence-electron chi connectivity index (χ2n) is 6.62. The van der Waals surface area contributed by atoms with Gasteiger partial charge in [0, 0.05) is 12.4 Å². The molecule has 3 aromatic heterocycles. The molecule has 1 radical (unpaired) electrons. The minimum Gasteiger partial charge on any atom is -0.335 e. The second kappa shape index (κ2) is 8.43. The van der Waals surface area contributed by atoms with Crippen LogP contribution in [0.15, 0.2) is 54.9 Å². The maximum absolute atomic E-state index is 14.2. The zero-order chi connectivity index (χ0) is 21.0. The van der Waals surface area contributed by atoms with Crippen molar-refractivity contribution in [3.8, 4) is 5.69 Å². The third-order valence-corrected chi connectivity index (χ3v) is 4.62. The Morgan fingerprint density at radius 2 is 1.70 bits per heavy atom. The van der Waals surface area contributed by atoms with Crippen molar-refractivity contribution in [2.75, 3.05) is 6.61 Å². The van der Waals surface area contributed by atoms with E-state index in [2.05, 4.69) is 36.0 Å². The lowest BCUT2D eigenvalue weighted by Gasteiger charge is -2.25. The van der Waals surface area contributed by atoms with E-state index in [0.29, 0.717) is 12.1 Å². The van der Waals surface area contributed by atoms with E-state index in [9.17, 15) is 5.11 Å². The first-order chi connectivity index (χ1) is 14.6. The van der Waals surface area contributed by atoms with Gasteiger partial charge < -0.3 is 4.74 Å². The Hall–Kier alpha value is -3.57. The summed E-state index contributed by atoms with van der Waals surface area (Å²) in [6, 6.07) is 12.7. The van der Waals surface area contributed by atoms with E-state index in [1.807, 2.05) is 44.2 Å². The molecule has 0 saturated heterocycles. The lowest BCUT2D eigenvalue weighted by molar-refractivity contribution is -0.233. The van der Waals surface area contributed by atoms with Crippen molar-refractivity contribution in [2.24, 2.45) is 0 Å². The molecule has 3 heterocycles. The number of pyridine rings is 1. The summed E-state index contributed by atoms with van der Waals surface area (Å²) < 4.78 is 8.52. The third-order valence-electron chi connectivity index (χ3n) is 4.62. The fraction of sp³-hybridized carbons (Fsp3) is 0.316. The van der Waals surface area contributed by atoms with Crippen molar-refractivity contribution < 1.29 is 9.84 Å². The van der Waals surface area contributed by atoms with Gasteiger partial charge >= 0.3 is 5.79 Å². The van der Waals surface area contributed by atoms with Gasteiger partial charge in [-0.15, -0.1) is 10.2 Å². The Balaban J connectivity index is 1.83. The first-order valence-electron chi connectivity index (χ1n) is 9.52. The van der Waals surface area contributed by atoms with Crippen molar-refractivity contribution in [2.45, 2.75) is 32.1 Å². The molecule has 2 atom stereocenters. The molecule has 0 aliphatic carbocycles. The van der Waals surface area contributed by atoms with Crippen LogP contribution < -0.4 is 0 Å². The standard InChI is InChI=1S/C19H20N9O2/c1-3-13-30-19(29,18-22-24-26-28(18)16-9-11-20-12-10-16)17-21-23-25-27(17)14(2)15-7-5-4-6-8-15/h4-12,14H,3,13H2,1-2H3. The molecule has 0 bridgehead atoms. The van der Waals surface area contributed by atoms with Crippen LogP contribution in [0.4, 0.5) is 0 Å². The summed E-state index contributed by atoms with van der Waals surface area (Å²) in [5.74, 6) is -2.43. The summed E-state index contributed by atoms with van der Waals surface area (Å²) in [5, 5.41) is 37.7. The van der Waals surface area contributed by atoms with Crippen LogP contribution in [-0.2, 0) is 15.6 Å². The Labute approximate surface area is 172 Å². The molecule has 30 heavy (non-hydrogen) atoms. The lowest BCUT2D eigenvalue weighted by atomic mass is 10.1. The number of benzene rings is 1. The second-order valence-corrected chi connectivity index (χ2v) is 6.62. The van der Waals surface area contributed by atoms with Crippen molar-refractivity contribution in [3.05, 3.63) is 72.1 Å². The smallest absolute Gasteiger partial charge is 0.326 e. The number of hydrogen-bond donors (Lipinski definition) is 0. The summed E-state index contributed by atoms with van der Waals surface area (Å²) in [6.07, 6.45) is 3.79.